The summed E-state index contributed by atoms with van der Waals surface area (Å²) in [6, 6.07) is 74.6. The highest BCUT2D eigenvalue weighted by Crippen LogP contribution is 2.46. The van der Waals surface area contributed by atoms with Crippen LogP contribution in [0.3, 0.4) is 0 Å². The minimum atomic E-state index is 0.865. The summed E-state index contributed by atoms with van der Waals surface area (Å²) < 4.78 is 9.00. The molecule has 57 heavy (non-hydrogen) atoms. The maximum atomic E-state index is 6.63. The summed E-state index contributed by atoms with van der Waals surface area (Å²) in [6.07, 6.45) is 0. The molecule has 0 spiro atoms. The van der Waals surface area contributed by atoms with Crippen LogP contribution in [0.15, 0.2) is 211 Å². The number of rotatable bonds is 5. The lowest BCUT2D eigenvalue weighted by Gasteiger charge is -2.27. The first kappa shape index (κ1) is 31.7. The van der Waals surface area contributed by atoms with Crippen LogP contribution in [0.2, 0.25) is 0 Å². The Morgan fingerprint density at radius 3 is 1.84 bits per heavy atom. The van der Waals surface area contributed by atoms with Crippen molar-refractivity contribution >= 4 is 93.1 Å². The van der Waals surface area contributed by atoms with Crippen molar-refractivity contribution in [3.8, 4) is 16.8 Å². The van der Waals surface area contributed by atoms with Gasteiger partial charge in [-0.25, -0.2) is 0 Å². The Kier molecular flexibility index (Phi) is 6.93. The SMILES string of the molecule is c1ccc(-n2c3ccccc3c3cc(N(c4ccc(-c5cc6ccccc6c6ccccc56)cc4)c4cccc5oc6cc7ccccc7cc6c45)ccc32)cc1. The minimum Gasteiger partial charge on any atom is -0.456 e. The van der Waals surface area contributed by atoms with Crippen LogP contribution < -0.4 is 4.90 Å². The molecular weight excluding hydrogens is 693 g/mol. The van der Waals surface area contributed by atoms with E-state index in [4.69, 9.17) is 4.42 Å². The number of furan rings is 1. The summed E-state index contributed by atoms with van der Waals surface area (Å²) in [5, 5.41) is 12.0. The van der Waals surface area contributed by atoms with Crippen LogP contribution in [-0.2, 0) is 0 Å². The number of fused-ring (bicyclic) bond motifs is 10. The molecule has 0 N–H and O–H groups in total. The van der Waals surface area contributed by atoms with Gasteiger partial charge in [0.1, 0.15) is 11.2 Å². The summed E-state index contributed by atoms with van der Waals surface area (Å²) in [6.45, 7) is 0. The second kappa shape index (κ2) is 12.5. The number of hydrogen-bond acceptors (Lipinski definition) is 2. The highest BCUT2D eigenvalue weighted by atomic mass is 16.3. The van der Waals surface area contributed by atoms with E-state index in [9.17, 15) is 0 Å². The maximum absolute atomic E-state index is 6.63. The molecule has 10 aromatic carbocycles. The zero-order valence-electron chi connectivity index (χ0n) is 30.9. The Balaban J connectivity index is 1.10. The lowest BCUT2D eigenvalue weighted by Crippen LogP contribution is -2.10. The van der Waals surface area contributed by atoms with E-state index in [0.717, 1.165) is 44.7 Å². The molecule has 0 amide bonds. The molecule has 0 fully saturated rings. The third-order valence-electron chi connectivity index (χ3n) is 11.7. The molecule has 0 aliphatic rings. The molecule has 0 unspecified atom stereocenters. The van der Waals surface area contributed by atoms with Crippen LogP contribution in [0.25, 0.3) is 92.9 Å². The molecule has 3 nitrogen and oxygen atoms in total. The molecule has 0 saturated carbocycles. The summed E-state index contributed by atoms with van der Waals surface area (Å²) >= 11 is 0. The number of nitrogens with zero attached hydrogens (tertiary/aromatic N) is 2. The Morgan fingerprint density at radius 1 is 0.368 bits per heavy atom. The average molecular weight is 727 g/mol. The zero-order valence-corrected chi connectivity index (χ0v) is 30.9. The van der Waals surface area contributed by atoms with E-state index in [1.165, 1.54) is 65.3 Å². The lowest BCUT2D eigenvalue weighted by atomic mass is 9.93. The summed E-state index contributed by atoms with van der Waals surface area (Å²) in [5.74, 6) is 0. The third-order valence-corrected chi connectivity index (χ3v) is 11.7. The molecule has 2 heterocycles. The van der Waals surface area contributed by atoms with Gasteiger partial charge in [0.05, 0.1) is 22.1 Å². The number of benzene rings is 10. The molecule has 266 valence electrons. The number of anilines is 3. The van der Waals surface area contributed by atoms with Crippen LogP contribution in [-0.4, -0.2) is 4.57 Å². The van der Waals surface area contributed by atoms with Crippen LogP contribution in [0.5, 0.6) is 0 Å². The average Bonchev–Trinajstić information content (AvgIpc) is 3.81. The molecule has 0 atom stereocenters. The van der Waals surface area contributed by atoms with Gasteiger partial charge < -0.3 is 13.9 Å². The van der Waals surface area contributed by atoms with Crippen molar-refractivity contribution in [2.75, 3.05) is 4.90 Å². The molecule has 0 aliphatic heterocycles. The predicted molar refractivity (Wildman–Crippen MR) is 241 cm³/mol. The Hall–Kier alpha value is -7.62. The summed E-state index contributed by atoms with van der Waals surface area (Å²) in [5.41, 5.74) is 10.9. The van der Waals surface area contributed by atoms with Gasteiger partial charge in [0, 0.05) is 33.2 Å². The highest BCUT2D eigenvalue weighted by Gasteiger charge is 2.22. The fourth-order valence-corrected chi connectivity index (χ4v) is 9.14. The second-order valence-corrected chi connectivity index (χ2v) is 14.9. The zero-order chi connectivity index (χ0) is 37.5. The molecule has 0 aliphatic carbocycles. The second-order valence-electron chi connectivity index (χ2n) is 14.9. The van der Waals surface area contributed by atoms with Gasteiger partial charge in [-0.1, -0.05) is 127 Å². The molecule has 2 aromatic heterocycles. The van der Waals surface area contributed by atoms with Crippen molar-refractivity contribution in [2.45, 2.75) is 0 Å². The molecule has 12 rings (SSSR count). The molecule has 0 saturated heterocycles. The van der Waals surface area contributed by atoms with Crippen molar-refractivity contribution in [3.05, 3.63) is 206 Å². The van der Waals surface area contributed by atoms with E-state index >= 15 is 0 Å². The van der Waals surface area contributed by atoms with E-state index in [2.05, 4.69) is 216 Å². The van der Waals surface area contributed by atoms with Crippen molar-refractivity contribution in [2.24, 2.45) is 0 Å². The Labute approximate surface area is 328 Å². The van der Waals surface area contributed by atoms with Gasteiger partial charge >= 0.3 is 0 Å². The van der Waals surface area contributed by atoms with Gasteiger partial charge in [0.25, 0.3) is 0 Å². The molecule has 12 aromatic rings. The summed E-state index contributed by atoms with van der Waals surface area (Å²) in [4.78, 5) is 2.41. The first-order valence-corrected chi connectivity index (χ1v) is 19.5. The van der Waals surface area contributed by atoms with E-state index in [0.29, 0.717) is 0 Å². The van der Waals surface area contributed by atoms with Gasteiger partial charge in [-0.3, -0.25) is 0 Å². The lowest BCUT2D eigenvalue weighted by molar-refractivity contribution is 0.669. The quantitative estimate of drug-likeness (QED) is 0.165. The fourth-order valence-electron chi connectivity index (χ4n) is 9.14. The normalized spacial score (nSPS) is 11.9. The molecule has 3 heteroatoms. The van der Waals surface area contributed by atoms with Gasteiger partial charge in [-0.05, 0) is 122 Å². The fraction of sp³-hybridized carbons (Fsp3) is 0. The smallest absolute Gasteiger partial charge is 0.137 e. The van der Waals surface area contributed by atoms with Crippen molar-refractivity contribution in [1.29, 1.82) is 0 Å². The number of aromatic nitrogens is 1. The summed E-state index contributed by atoms with van der Waals surface area (Å²) in [7, 11) is 0. The largest absolute Gasteiger partial charge is 0.456 e. The van der Waals surface area contributed by atoms with Gasteiger partial charge in [-0.2, -0.15) is 0 Å². The highest BCUT2D eigenvalue weighted by molar-refractivity contribution is 6.18. The van der Waals surface area contributed by atoms with Crippen LogP contribution in [0, 0.1) is 0 Å². The molecular formula is C54H34N2O. The third kappa shape index (κ3) is 4.92. The van der Waals surface area contributed by atoms with Crippen LogP contribution in [0.4, 0.5) is 17.1 Å². The number of para-hydroxylation sites is 2. The minimum absolute atomic E-state index is 0.865. The van der Waals surface area contributed by atoms with Gasteiger partial charge in [-0.15, -0.1) is 0 Å². The van der Waals surface area contributed by atoms with Crippen LogP contribution in [0.1, 0.15) is 0 Å². The topological polar surface area (TPSA) is 21.3 Å². The van der Waals surface area contributed by atoms with E-state index in [-0.39, 0.29) is 0 Å². The Morgan fingerprint density at radius 2 is 1.02 bits per heavy atom. The monoisotopic (exact) mass is 726 g/mol. The first-order valence-electron chi connectivity index (χ1n) is 19.5. The maximum Gasteiger partial charge on any atom is 0.137 e. The van der Waals surface area contributed by atoms with Crippen LogP contribution >= 0.6 is 0 Å². The Bertz CT molecular complexity index is 3520. The first-order chi connectivity index (χ1) is 28.3. The number of hydrogen-bond donors (Lipinski definition) is 0. The van der Waals surface area contributed by atoms with E-state index in [1.807, 2.05) is 0 Å². The van der Waals surface area contributed by atoms with Crippen molar-refractivity contribution < 1.29 is 4.42 Å². The van der Waals surface area contributed by atoms with E-state index < -0.39 is 0 Å². The standard InChI is InChI=1S/C54H34N2O/c1-2-16-39(17-3-1)56-49-22-11-10-21-45(49)47-34-41(29-30-50(47)56)55(51-23-12-24-52-54(51)48-31-36-13-4-5-14-37(36)33-53(48)57-52)40-27-25-35(26-28-40)46-32-38-15-6-7-18-42(38)43-19-8-9-20-44(43)46/h1-34H. The van der Waals surface area contributed by atoms with Crippen molar-refractivity contribution in [3.63, 3.8) is 0 Å². The predicted octanol–water partition coefficient (Wildman–Crippen LogP) is 15.3. The van der Waals surface area contributed by atoms with Crippen molar-refractivity contribution in [1.82, 2.24) is 4.57 Å². The molecule has 0 bridgehead atoms. The van der Waals surface area contributed by atoms with Gasteiger partial charge in [0.15, 0.2) is 0 Å². The van der Waals surface area contributed by atoms with Gasteiger partial charge in [0.2, 0.25) is 0 Å². The molecule has 0 radical (unpaired) electrons. The van der Waals surface area contributed by atoms with E-state index in [1.54, 1.807) is 0 Å².